The van der Waals surface area contributed by atoms with Crippen molar-refractivity contribution >= 4 is 19.7 Å². The minimum absolute atomic E-state index is 0.0314. The molecule has 182 valence electrons. The van der Waals surface area contributed by atoms with Crippen LogP contribution in [0.2, 0.25) is 0 Å². The van der Waals surface area contributed by atoms with Crippen molar-refractivity contribution in [3.05, 3.63) is 59.2 Å². The van der Waals surface area contributed by atoms with Gasteiger partial charge in [-0.1, -0.05) is 37.3 Å². The van der Waals surface area contributed by atoms with Gasteiger partial charge in [-0.25, -0.2) is 16.8 Å². The zero-order valence-corrected chi connectivity index (χ0v) is 21.5. The van der Waals surface area contributed by atoms with Gasteiger partial charge in [-0.15, -0.1) is 0 Å². The fraction of sp³-hybridized carbons (Fsp3) is 0.500. The van der Waals surface area contributed by atoms with Crippen LogP contribution in [0.4, 0.5) is 0 Å². The lowest BCUT2D eigenvalue weighted by molar-refractivity contribution is 0.282. The second kappa shape index (κ2) is 10.1. The lowest BCUT2D eigenvalue weighted by Gasteiger charge is -2.28. The number of likely N-dealkylation sites (N-methyl/N-ethyl adjacent to an activating group) is 1. The molecule has 7 nitrogen and oxygen atoms in total. The topological polar surface area (TPSA) is 92.8 Å². The number of nitrogens with zero attached hydrogens (tertiary/aromatic N) is 1. The molecule has 3 atom stereocenters. The molecular weight excluding hydrogens is 460 g/mol. The van der Waals surface area contributed by atoms with Gasteiger partial charge in [0.05, 0.1) is 23.9 Å². The van der Waals surface area contributed by atoms with Gasteiger partial charge >= 0.3 is 0 Å². The van der Waals surface area contributed by atoms with Gasteiger partial charge in [0.1, 0.15) is 10.6 Å². The van der Waals surface area contributed by atoms with Gasteiger partial charge in [0.25, 0.3) is 0 Å². The maximum absolute atomic E-state index is 13.6. The van der Waals surface area contributed by atoms with Gasteiger partial charge in [0, 0.05) is 18.6 Å². The van der Waals surface area contributed by atoms with E-state index in [0.717, 1.165) is 17.5 Å². The van der Waals surface area contributed by atoms with Gasteiger partial charge in [0.15, 0.2) is 19.7 Å². The van der Waals surface area contributed by atoms with Crippen LogP contribution in [-0.2, 0) is 26.1 Å². The molecular formula is C24H34N2O5S2. The number of aryl methyl sites for hydroxylation is 2. The summed E-state index contributed by atoms with van der Waals surface area (Å²) in [4.78, 5) is 2.09. The van der Waals surface area contributed by atoms with E-state index in [1.807, 2.05) is 19.0 Å². The van der Waals surface area contributed by atoms with Crippen molar-refractivity contribution in [2.24, 2.45) is 0 Å². The highest BCUT2D eigenvalue weighted by atomic mass is 32.2. The maximum atomic E-state index is 13.6. The van der Waals surface area contributed by atoms with Crippen molar-refractivity contribution in [2.45, 2.75) is 42.5 Å². The van der Waals surface area contributed by atoms with Crippen LogP contribution in [-0.4, -0.2) is 72.3 Å². The summed E-state index contributed by atoms with van der Waals surface area (Å²) in [5.41, 5.74) is 3.10. The molecule has 1 aliphatic heterocycles. The molecule has 0 aliphatic carbocycles. The molecule has 1 heterocycles. The Kier molecular flexibility index (Phi) is 7.88. The molecule has 0 aromatic heterocycles. The van der Waals surface area contributed by atoms with Gasteiger partial charge in [-0.2, -0.15) is 0 Å². The fourth-order valence-corrected chi connectivity index (χ4v) is 9.28. The summed E-state index contributed by atoms with van der Waals surface area (Å²) in [6.07, 6.45) is 0.951. The third-order valence-corrected chi connectivity index (χ3v) is 10.5. The van der Waals surface area contributed by atoms with E-state index < -0.39 is 36.7 Å². The standard InChI is InChI=1S/C24H34N2O5S2/c1-6-18-8-10-19(11-9-18)21(26(3)4)14-25-20-15-32(27,28)16-24(20)33(29,30)23-13-17(2)7-12-22(23)31-5/h7-13,20-21,24-25H,6,14-16H2,1-5H3/t20-,21?,24-/m0/s1. The summed E-state index contributed by atoms with van der Waals surface area (Å²) < 4.78 is 57.5. The maximum Gasteiger partial charge on any atom is 0.187 e. The summed E-state index contributed by atoms with van der Waals surface area (Å²) >= 11 is 0. The number of ether oxygens (including phenoxy) is 1. The largest absolute Gasteiger partial charge is 0.495 e. The van der Waals surface area contributed by atoms with E-state index >= 15 is 0 Å². The van der Waals surface area contributed by atoms with Crippen LogP contribution in [0.15, 0.2) is 47.4 Å². The third kappa shape index (κ3) is 5.77. The van der Waals surface area contributed by atoms with Crippen molar-refractivity contribution in [3.8, 4) is 5.75 Å². The van der Waals surface area contributed by atoms with E-state index in [2.05, 4.69) is 36.5 Å². The SMILES string of the molecule is CCc1ccc(C(CN[C@H]2CS(=O)(=O)C[C@@H]2S(=O)(=O)c2cc(C)ccc2OC)N(C)C)cc1. The molecule has 1 saturated heterocycles. The molecule has 1 N–H and O–H groups in total. The van der Waals surface area contributed by atoms with E-state index in [4.69, 9.17) is 4.74 Å². The zero-order chi connectivity index (χ0) is 24.4. The number of sulfone groups is 2. The van der Waals surface area contributed by atoms with Crippen LogP contribution >= 0.6 is 0 Å². The molecule has 0 amide bonds. The smallest absolute Gasteiger partial charge is 0.187 e. The number of methoxy groups -OCH3 is 1. The molecule has 33 heavy (non-hydrogen) atoms. The molecule has 9 heteroatoms. The molecule has 0 radical (unpaired) electrons. The number of benzene rings is 2. The van der Waals surface area contributed by atoms with Crippen LogP contribution < -0.4 is 10.1 Å². The Balaban J connectivity index is 1.88. The molecule has 1 aliphatic rings. The first-order valence-electron chi connectivity index (χ1n) is 11.1. The van der Waals surface area contributed by atoms with E-state index in [1.165, 1.54) is 12.7 Å². The Bertz CT molecular complexity index is 1180. The first kappa shape index (κ1) is 25.7. The van der Waals surface area contributed by atoms with Crippen LogP contribution in [0.3, 0.4) is 0 Å². The summed E-state index contributed by atoms with van der Waals surface area (Å²) in [5.74, 6) is -0.382. The number of nitrogens with one attached hydrogen (secondary N) is 1. The molecule has 1 unspecified atom stereocenters. The van der Waals surface area contributed by atoms with E-state index in [-0.39, 0.29) is 22.4 Å². The molecule has 0 bridgehead atoms. The Hall–Kier alpha value is -1.94. The van der Waals surface area contributed by atoms with Crippen LogP contribution in [0.5, 0.6) is 5.75 Å². The van der Waals surface area contributed by atoms with Gasteiger partial charge in [0.2, 0.25) is 0 Å². The zero-order valence-electron chi connectivity index (χ0n) is 19.9. The van der Waals surface area contributed by atoms with Crippen LogP contribution in [0.1, 0.15) is 29.7 Å². The fourth-order valence-electron chi connectivity index (χ4n) is 4.32. The molecule has 2 aromatic carbocycles. The summed E-state index contributed by atoms with van der Waals surface area (Å²) in [5, 5.41) is 2.20. The lowest BCUT2D eigenvalue weighted by Crippen LogP contribution is -2.46. The number of rotatable bonds is 9. The molecule has 0 spiro atoms. The molecule has 3 rings (SSSR count). The first-order valence-corrected chi connectivity index (χ1v) is 14.4. The molecule has 2 aromatic rings. The summed E-state index contributed by atoms with van der Waals surface area (Å²) in [7, 11) is -2.13. The highest BCUT2D eigenvalue weighted by molar-refractivity contribution is 7.96. The summed E-state index contributed by atoms with van der Waals surface area (Å²) in [6.45, 7) is 4.32. The highest BCUT2D eigenvalue weighted by Gasteiger charge is 2.46. The van der Waals surface area contributed by atoms with E-state index in [1.54, 1.807) is 25.1 Å². The quantitative estimate of drug-likeness (QED) is 0.572. The minimum atomic E-state index is -3.95. The van der Waals surface area contributed by atoms with Gasteiger partial charge in [-0.3, -0.25) is 0 Å². The Morgan fingerprint density at radius 3 is 2.36 bits per heavy atom. The predicted molar refractivity (Wildman–Crippen MR) is 131 cm³/mol. The van der Waals surface area contributed by atoms with Gasteiger partial charge in [-0.05, 0) is 56.3 Å². The number of hydrogen-bond acceptors (Lipinski definition) is 7. The van der Waals surface area contributed by atoms with Crippen molar-refractivity contribution in [2.75, 3.05) is 39.3 Å². The monoisotopic (exact) mass is 494 g/mol. The average Bonchev–Trinajstić information content (AvgIpc) is 3.09. The Labute approximate surface area is 198 Å². The van der Waals surface area contributed by atoms with Gasteiger partial charge < -0.3 is 15.0 Å². The minimum Gasteiger partial charge on any atom is -0.495 e. The second-order valence-electron chi connectivity index (χ2n) is 8.90. The molecule has 0 saturated carbocycles. The lowest BCUT2D eigenvalue weighted by atomic mass is 10.0. The Morgan fingerprint density at radius 1 is 1.12 bits per heavy atom. The normalized spacial score (nSPS) is 21.3. The van der Waals surface area contributed by atoms with E-state index in [0.29, 0.717) is 6.54 Å². The second-order valence-corrected chi connectivity index (χ2v) is 13.2. The van der Waals surface area contributed by atoms with E-state index in [9.17, 15) is 16.8 Å². The van der Waals surface area contributed by atoms with Crippen molar-refractivity contribution in [1.29, 1.82) is 0 Å². The van der Waals surface area contributed by atoms with Crippen molar-refractivity contribution in [1.82, 2.24) is 10.2 Å². The molecule has 1 fully saturated rings. The van der Waals surface area contributed by atoms with Crippen molar-refractivity contribution in [3.63, 3.8) is 0 Å². The summed E-state index contributed by atoms with van der Waals surface area (Å²) in [6, 6.07) is 12.5. The predicted octanol–water partition coefficient (Wildman–Crippen LogP) is 2.40. The number of hydrogen-bond donors (Lipinski definition) is 1. The van der Waals surface area contributed by atoms with Crippen LogP contribution in [0, 0.1) is 6.92 Å². The van der Waals surface area contributed by atoms with Crippen LogP contribution in [0.25, 0.3) is 0 Å². The van der Waals surface area contributed by atoms with Crippen molar-refractivity contribution < 1.29 is 21.6 Å². The highest BCUT2D eigenvalue weighted by Crippen LogP contribution is 2.32. The first-order chi connectivity index (χ1) is 15.5. The average molecular weight is 495 g/mol. The Morgan fingerprint density at radius 2 is 1.79 bits per heavy atom. The third-order valence-electron chi connectivity index (χ3n) is 6.29.